The Bertz CT molecular complexity index is 951. The molecule has 0 bridgehead atoms. The molecule has 1 heterocycles. The summed E-state index contributed by atoms with van der Waals surface area (Å²) in [6, 6.07) is 12.8. The van der Waals surface area contributed by atoms with Crippen LogP contribution in [0.25, 0.3) is 11.0 Å². The van der Waals surface area contributed by atoms with Gasteiger partial charge in [-0.3, -0.25) is 4.79 Å². The molecule has 0 saturated carbocycles. The van der Waals surface area contributed by atoms with Crippen LogP contribution >= 0.6 is 12.2 Å². The van der Waals surface area contributed by atoms with Crippen molar-refractivity contribution in [2.24, 2.45) is 0 Å². The number of halogens is 1. The summed E-state index contributed by atoms with van der Waals surface area (Å²) < 4.78 is 14.1. The second-order valence-corrected chi connectivity index (χ2v) is 6.70. The maximum atomic E-state index is 13.7. The molecule has 0 fully saturated rings. The number of aromatic amines is 2. The zero-order chi connectivity index (χ0) is 18.5. The van der Waals surface area contributed by atoms with Gasteiger partial charge >= 0.3 is 0 Å². The zero-order valence-corrected chi connectivity index (χ0v) is 15.3. The number of carbonyl (C=O) groups excluding carboxylic acids is 1. The van der Waals surface area contributed by atoms with Crippen LogP contribution in [0.15, 0.2) is 42.5 Å². The average Bonchev–Trinajstić information content (AvgIpc) is 2.98. The van der Waals surface area contributed by atoms with Crippen LogP contribution in [0, 0.1) is 10.6 Å². The number of carbonyl (C=O) groups is 1. The van der Waals surface area contributed by atoms with E-state index in [1.807, 2.05) is 25.2 Å². The van der Waals surface area contributed by atoms with Crippen LogP contribution in [-0.2, 0) is 6.54 Å². The topological polar surface area (TPSA) is 63.9 Å². The molecule has 0 aliphatic heterocycles. The second-order valence-electron chi connectivity index (χ2n) is 6.29. The van der Waals surface area contributed by atoms with Gasteiger partial charge in [-0.25, -0.2) is 4.39 Å². The number of aromatic nitrogens is 2. The molecule has 136 valence electrons. The van der Waals surface area contributed by atoms with Crippen LogP contribution in [0.2, 0.25) is 0 Å². The Morgan fingerprint density at radius 3 is 2.77 bits per heavy atom. The summed E-state index contributed by atoms with van der Waals surface area (Å²) in [5.74, 6) is -0.791. The van der Waals surface area contributed by atoms with Crippen molar-refractivity contribution in [1.29, 1.82) is 0 Å². The van der Waals surface area contributed by atoms with Crippen molar-refractivity contribution in [3.63, 3.8) is 0 Å². The molecule has 3 rings (SSSR count). The van der Waals surface area contributed by atoms with E-state index >= 15 is 0 Å². The molecule has 0 saturated heterocycles. The Hall–Kier alpha value is -2.51. The molecule has 0 unspecified atom stereocenters. The van der Waals surface area contributed by atoms with Crippen LogP contribution in [0.5, 0.6) is 0 Å². The van der Waals surface area contributed by atoms with Crippen molar-refractivity contribution in [2.75, 3.05) is 20.1 Å². The summed E-state index contributed by atoms with van der Waals surface area (Å²) in [4.78, 5) is 20.3. The summed E-state index contributed by atoms with van der Waals surface area (Å²) in [7, 11) is 2.05. The third kappa shape index (κ3) is 4.56. The lowest BCUT2D eigenvalue weighted by Gasteiger charge is -2.16. The van der Waals surface area contributed by atoms with Crippen molar-refractivity contribution in [1.82, 2.24) is 20.2 Å². The van der Waals surface area contributed by atoms with Gasteiger partial charge in [0.15, 0.2) is 4.77 Å². The second kappa shape index (κ2) is 8.25. The standard InChI is InChI=1S/C19H21FN4OS/c1-24(12-13-6-3-2-4-7-13)9-5-8-21-18(25)15-10-14(20)11-16-17(15)23-19(26)22-16/h2-4,6-7,10-11H,5,8-9,12H2,1H3,(H,21,25)(H2,22,23,26). The van der Waals surface area contributed by atoms with Gasteiger partial charge in [-0.1, -0.05) is 30.3 Å². The van der Waals surface area contributed by atoms with Crippen molar-refractivity contribution in [3.05, 3.63) is 64.2 Å². The first-order chi connectivity index (χ1) is 12.5. The van der Waals surface area contributed by atoms with Gasteiger partial charge in [0.1, 0.15) is 5.82 Å². The van der Waals surface area contributed by atoms with Gasteiger partial charge in [0.25, 0.3) is 5.91 Å². The highest BCUT2D eigenvalue weighted by molar-refractivity contribution is 7.71. The summed E-state index contributed by atoms with van der Waals surface area (Å²) in [6.45, 7) is 2.22. The van der Waals surface area contributed by atoms with E-state index in [4.69, 9.17) is 12.2 Å². The highest BCUT2D eigenvalue weighted by atomic mass is 32.1. The van der Waals surface area contributed by atoms with Gasteiger partial charge in [-0.05, 0) is 49.9 Å². The predicted octanol–water partition coefficient (Wildman–Crippen LogP) is 3.62. The summed E-state index contributed by atoms with van der Waals surface area (Å²) in [5, 5.41) is 2.85. The number of hydrogen-bond donors (Lipinski definition) is 3. The number of nitrogens with zero attached hydrogens (tertiary/aromatic N) is 1. The summed E-state index contributed by atoms with van der Waals surface area (Å²) in [5.41, 5.74) is 2.52. The molecule has 1 aromatic heterocycles. The minimum atomic E-state index is -0.476. The van der Waals surface area contributed by atoms with E-state index < -0.39 is 5.82 Å². The van der Waals surface area contributed by atoms with E-state index in [0.717, 1.165) is 19.5 Å². The quantitative estimate of drug-likeness (QED) is 0.438. The van der Waals surface area contributed by atoms with E-state index in [1.54, 1.807) is 0 Å². The number of imidazole rings is 1. The lowest BCUT2D eigenvalue weighted by Crippen LogP contribution is -2.28. The van der Waals surface area contributed by atoms with Gasteiger partial charge < -0.3 is 20.2 Å². The SMILES string of the molecule is CN(CCCNC(=O)c1cc(F)cc2[nH]c(=S)[nH]c12)Cc1ccccc1. The fraction of sp³-hybridized carbons (Fsp3) is 0.263. The highest BCUT2D eigenvalue weighted by Crippen LogP contribution is 2.17. The largest absolute Gasteiger partial charge is 0.352 e. The Balaban J connectivity index is 1.52. The number of fused-ring (bicyclic) bond motifs is 1. The minimum absolute atomic E-state index is 0.255. The average molecular weight is 372 g/mol. The van der Waals surface area contributed by atoms with Crippen LogP contribution < -0.4 is 5.32 Å². The van der Waals surface area contributed by atoms with Gasteiger partial charge in [0.2, 0.25) is 0 Å². The number of rotatable bonds is 7. The zero-order valence-electron chi connectivity index (χ0n) is 14.5. The molecule has 0 aliphatic rings. The van der Waals surface area contributed by atoms with E-state index in [-0.39, 0.29) is 11.5 Å². The number of nitrogens with one attached hydrogen (secondary N) is 3. The number of hydrogen-bond acceptors (Lipinski definition) is 3. The fourth-order valence-electron chi connectivity index (χ4n) is 2.91. The van der Waals surface area contributed by atoms with Crippen molar-refractivity contribution < 1.29 is 9.18 Å². The maximum absolute atomic E-state index is 13.7. The first kappa shape index (κ1) is 18.3. The van der Waals surface area contributed by atoms with Crippen LogP contribution in [0.3, 0.4) is 0 Å². The van der Waals surface area contributed by atoms with E-state index in [1.165, 1.54) is 17.7 Å². The first-order valence-electron chi connectivity index (χ1n) is 8.45. The predicted molar refractivity (Wildman–Crippen MR) is 103 cm³/mol. The third-order valence-corrected chi connectivity index (χ3v) is 4.34. The Morgan fingerprint density at radius 2 is 2.00 bits per heavy atom. The molecule has 3 aromatic rings. The van der Waals surface area contributed by atoms with Crippen molar-refractivity contribution in [2.45, 2.75) is 13.0 Å². The van der Waals surface area contributed by atoms with Gasteiger partial charge in [-0.2, -0.15) is 0 Å². The molecule has 0 aliphatic carbocycles. The fourth-order valence-corrected chi connectivity index (χ4v) is 3.12. The van der Waals surface area contributed by atoms with E-state index in [9.17, 15) is 9.18 Å². The smallest absolute Gasteiger partial charge is 0.253 e. The van der Waals surface area contributed by atoms with Gasteiger partial charge in [0.05, 0.1) is 16.6 Å². The number of H-pyrrole nitrogens is 2. The molecule has 7 heteroatoms. The molecule has 5 nitrogen and oxygen atoms in total. The molecular formula is C19H21FN4OS. The van der Waals surface area contributed by atoms with Gasteiger partial charge in [0, 0.05) is 13.1 Å². The number of benzene rings is 2. The summed E-state index contributed by atoms with van der Waals surface area (Å²) >= 11 is 5.02. The molecule has 2 aromatic carbocycles. The van der Waals surface area contributed by atoms with Crippen LogP contribution in [0.1, 0.15) is 22.3 Å². The van der Waals surface area contributed by atoms with Crippen LogP contribution in [-0.4, -0.2) is 40.9 Å². The monoisotopic (exact) mass is 372 g/mol. The Labute approximate surface area is 156 Å². The maximum Gasteiger partial charge on any atom is 0.253 e. The molecule has 26 heavy (non-hydrogen) atoms. The van der Waals surface area contributed by atoms with Crippen LogP contribution in [0.4, 0.5) is 4.39 Å². The Morgan fingerprint density at radius 1 is 1.23 bits per heavy atom. The van der Waals surface area contributed by atoms with E-state index in [2.05, 4.69) is 32.3 Å². The van der Waals surface area contributed by atoms with Crippen molar-refractivity contribution >= 4 is 29.2 Å². The Kier molecular flexibility index (Phi) is 5.80. The normalized spacial score (nSPS) is 11.2. The summed E-state index contributed by atoms with van der Waals surface area (Å²) in [6.07, 6.45) is 0.802. The minimum Gasteiger partial charge on any atom is -0.352 e. The molecule has 0 spiro atoms. The molecular weight excluding hydrogens is 351 g/mol. The molecule has 1 amide bonds. The highest BCUT2D eigenvalue weighted by Gasteiger charge is 2.13. The first-order valence-corrected chi connectivity index (χ1v) is 8.86. The molecule has 3 N–H and O–H groups in total. The lowest BCUT2D eigenvalue weighted by atomic mass is 10.1. The van der Waals surface area contributed by atoms with E-state index in [0.29, 0.717) is 22.3 Å². The third-order valence-electron chi connectivity index (χ3n) is 4.13. The van der Waals surface area contributed by atoms with Gasteiger partial charge in [-0.15, -0.1) is 0 Å². The lowest BCUT2D eigenvalue weighted by molar-refractivity contribution is 0.0953. The van der Waals surface area contributed by atoms with Crippen molar-refractivity contribution in [3.8, 4) is 0 Å². The molecule has 0 radical (unpaired) electrons. The number of amides is 1. The molecule has 0 atom stereocenters.